The summed E-state index contributed by atoms with van der Waals surface area (Å²) >= 11 is 0. The molecular weight excluding hydrogens is 936 g/mol. The first-order chi connectivity index (χ1) is 30.4. The van der Waals surface area contributed by atoms with Gasteiger partial charge in [-0.15, -0.1) is 0 Å². The monoisotopic (exact) mass is 978 g/mol. The van der Waals surface area contributed by atoms with Gasteiger partial charge in [0, 0.05) is 56.9 Å². The molecule has 4 aromatic rings. The summed E-state index contributed by atoms with van der Waals surface area (Å²) in [5.74, 6) is -0.168. The first-order valence-corrected chi connectivity index (χ1v) is 22.5. The lowest BCUT2D eigenvalue weighted by Crippen LogP contribution is -2.61. The van der Waals surface area contributed by atoms with Crippen molar-refractivity contribution in [2.45, 2.75) is 79.2 Å². The predicted molar refractivity (Wildman–Crippen MR) is 221 cm³/mol. The second-order valence-corrected chi connectivity index (χ2v) is 19.5. The summed E-state index contributed by atoms with van der Waals surface area (Å²) in [7, 11) is -8.05. The van der Waals surface area contributed by atoms with Crippen LogP contribution in [-0.4, -0.2) is 116 Å². The average molecular weight is 979 g/mol. The maximum absolute atomic E-state index is 13.2. The van der Waals surface area contributed by atoms with Crippen LogP contribution in [0.3, 0.4) is 0 Å². The fourth-order valence-corrected chi connectivity index (χ4v) is 10.6. The molecule has 66 heavy (non-hydrogen) atoms. The molecule has 0 saturated carbocycles. The van der Waals surface area contributed by atoms with E-state index in [1.165, 1.54) is 35.2 Å². The number of sulfonamides is 2. The van der Waals surface area contributed by atoms with E-state index < -0.39 is 71.9 Å². The molecular formula is C41H43F9N8O6S2. The number of nitrogens with zero attached hydrogens (tertiary/aromatic N) is 7. The fourth-order valence-electron chi connectivity index (χ4n) is 7.23. The van der Waals surface area contributed by atoms with Crippen molar-refractivity contribution < 1.29 is 66.3 Å². The Labute approximate surface area is 374 Å². The van der Waals surface area contributed by atoms with E-state index in [1.54, 1.807) is 24.4 Å². The van der Waals surface area contributed by atoms with Crippen LogP contribution in [0, 0.1) is 11.3 Å². The Balaban J connectivity index is 0.000000264. The Morgan fingerprint density at radius 3 is 1.58 bits per heavy atom. The Bertz CT molecular complexity index is 2650. The Kier molecular flexibility index (Phi) is 14.6. The van der Waals surface area contributed by atoms with Crippen molar-refractivity contribution in [2.75, 3.05) is 49.1 Å². The van der Waals surface area contributed by atoms with Crippen molar-refractivity contribution in [3.63, 3.8) is 0 Å². The van der Waals surface area contributed by atoms with Crippen LogP contribution >= 0.6 is 0 Å². The number of halogens is 9. The zero-order valence-corrected chi connectivity index (χ0v) is 37.0. The molecule has 2 aromatic heterocycles. The van der Waals surface area contributed by atoms with Crippen molar-refractivity contribution in [3.05, 3.63) is 108 Å². The molecule has 2 aliphatic heterocycles. The number of piperazine rings is 2. The Morgan fingerprint density at radius 1 is 0.712 bits per heavy atom. The van der Waals surface area contributed by atoms with E-state index in [0.29, 0.717) is 49.9 Å². The number of carbonyl (C=O) groups excluding carboxylic acids is 1. The van der Waals surface area contributed by atoms with Crippen molar-refractivity contribution in [1.82, 2.24) is 18.6 Å². The molecule has 1 unspecified atom stereocenters. The van der Waals surface area contributed by atoms with Crippen molar-refractivity contribution in [2.24, 2.45) is 5.73 Å². The molecule has 6 rings (SSSR count). The number of rotatable bonds is 9. The molecule has 0 radical (unpaired) electrons. The molecule has 3 N–H and O–H groups in total. The summed E-state index contributed by atoms with van der Waals surface area (Å²) in [4.78, 5) is 22.1. The van der Waals surface area contributed by atoms with Crippen LogP contribution in [0.4, 0.5) is 50.9 Å². The number of hydrogen-bond acceptors (Lipinski definition) is 12. The quantitative estimate of drug-likeness (QED) is 0.145. The molecule has 2 aromatic carbocycles. The van der Waals surface area contributed by atoms with Crippen LogP contribution < -0.4 is 15.5 Å². The van der Waals surface area contributed by atoms with Crippen LogP contribution in [0.5, 0.6) is 0 Å². The maximum Gasteiger partial charge on any atom is 0.421 e. The van der Waals surface area contributed by atoms with E-state index in [0.717, 1.165) is 40.5 Å². The van der Waals surface area contributed by atoms with Crippen molar-refractivity contribution >= 4 is 37.2 Å². The third-order valence-corrected chi connectivity index (χ3v) is 15.2. The number of carbonyl (C=O) groups is 1. The van der Waals surface area contributed by atoms with Gasteiger partial charge in [0.1, 0.15) is 11.8 Å². The summed E-state index contributed by atoms with van der Waals surface area (Å²) in [6.07, 6.45) is -14.5. The standard InChI is InChI=1S/C22H23F9N4O3S.C19H20N4O3S/c1-13-12-34(15-6-7-17(33-11-15)19(32,21(26,27)28)22(29,30)31)8-9-35(13)39(37,38)16-5-3-4-14(10-16)18(2,36)20(23,24)25;1-14-13-22(18-7-6-17(11-20)21-12-18)8-9-23(14)27(25,26)19-5-3-4-16(10-19)15(2)24/h3-7,10-11,13,36H,8-9,12,32H2,1-2H3;3-7,10,12,14H,8-9,13H2,1-2H3/t13-,18?;14-/m11/s1. The SMILES string of the molecule is CC(=O)c1cccc(S(=O)(=O)N2CCN(c3ccc(C#N)nc3)C[C@H]2C)c1.C[C@@H]1CN(c2ccc(C(N)(C(F)(F)F)C(F)(F)F)nc2)CCN1S(=O)(=O)c1cccc(C(C)(O)C(F)(F)F)c1. The second kappa shape index (κ2) is 18.7. The van der Waals surface area contributed by atoms with E-state index in [4.69, 9.17) is 11.0 Å². The van der Waals surface area contributed by atoms with E-state index in [-0.39, 0.29) is 42.0 Å². The number of alkyl halides is 9. The van der Waals surface area contributed by atoms with Gasteiger partial charge >= 0.3 is 18.5 Å². The van der Waals surface area contributed by atoms with Gasteiger partial charge in [-0.05, 0) is 81.8 Å². The highest BCUT2D eigenvalue weighted by atomic mass is 32.2. The van der Waals surface area contributed by atoms with Crippen LogP contribution in [-0.2, 0) is 31.2 Å². The van der Waals surface area contributed by atoms with Gasteiger partial charge in [0.25, 0.3) is 5.54 Å². The number of benzene rings is 2. The summed E-state index contributed by atoms with van der Waals surface area (Å²) in [6, 6.07) is 15.7. The molecule has 0 spiro atoms. The van der Waals surface area contributed by atoms with Crippen LogP contribution in [0.2, 0.25) is 0 Å². The van der Waals surface area contributed by atoms with E-state index >= 15 is 0 Å². The number of nitriles is 1. The first kappa shape index (κ1) is 51.6. The van der Waals surface area contributed by atoms with E-state index in [1.807, 2.05) is 19.1 Å². The predicted octanol–water partition coefficient (Wildman–Crippen LogP) is 6.08. The molecule has 14 nitrogen and oxygen atoms in total. The zero-order valence-electron chi connectivity index (χ0n) is 35.4. The minimum absolute atomic E-state index is 0.0726. The molecule has 4 heterocycles. The van der Waals surface area contributed by atoms with Gasteiger partial charge in [-0.1, -0.05) is 24.3 Å². The van der Waals surface area contributed by atoms with Gasteiger partial charge in [-0.3, -0.25) is 9.78 Å². The van der Waals surface area contributed by atoms with Gasteiger partial charge in [-0.25, -0.2) is 21.8 Å². The molecule has 0 bridgehead atoms. The fraction of sp³-hybridized carbons (Fsp3) is 0.415. The maximum atomic E-state index is 13.2. The lowest BCUT2D eigenvalue weighted by atomic mass is 9.94. The molecule has 358 valence electrons. The van der Waals surface area contributed by atoms with Crippen LogP contribution in [0.25, 0.3) is 0 Å². The molecule has 2 fully saturated rings. The van der Waals surface area contributed by atoms with Gasteiger partial charge in [0.05, 0.1) is 39.3 Å². The first-order valence-electron chi connectivity index (χ1n) is 19.7. The van der Waals surface area contributed by atoms with E-state index in [2.05, 4.69) is 14.9 Å². The molecule has 2 saturated heterocycles. The van der Waals surface area contributed by atoms with Crippen molar-refractivity contribution in [1.29, 1.82) is 5.26 Å². The summed E-state index contributed by atoms with van der Waals surface area (Å²) < 4.78 is 174. The molecule has 2 aliphatic rings. The lowest BCUT2D eigenvalue weighted by Gasteiger charge is -2.40. The number of ketones is 1. The number of aliphatic hydroxyl groups is 1. The number of hydrogen-bond donors (Lipinski definition) is 2. The minimum Gasteiger partial charge on any atom is -0.376 e. The number of anilines is 2. The smallest absolute Gasteiger partial charge is 0.376 e. The topological polar surface area (TPSA) is 194 Å². The summed E-state index contributed by atoms with van der Waals surface area (Å²) in [5, 5.41) is 18.8. The Morgan fingerprint density at radius 2 is 1.18 bits per heavy atom. The highest BCUT2D eigenvalue weighted by Crippen LogP contribution is 2.47. The molecule has 0 amide bonds. The van der Waals surface area contributed by atoms with Crippen LogP contribution in [0.1, 0.15) is 55.0 Å². The highest BCUT2D eigenvalue weighted by molar-refractivity contribution is 7.89. The minimum atomic E-state index is -5.89. The number of pyridine rings is 2. The van der Waals surface area contributed by atoms with Gasteiger partial charge < -0.3 is 20.6 Å². The third-order valence-electron chi connectivity index (χ3n) is 11.2. The number of nitrogens with two attached hydrogens (primary N) is 1. The Hall–Kier alpha value is -5.39. The van der Waals surface area contributed by atoms with Crippen LogP contribution in [0.15, 0.2) is 95.0 Å². The molecule has 0 aliphatic carbocycles. The van der Waals surface area contributed by atoms with Gasteiger partial charge in [0.15, 0.2) is 11.4 Å². The van der Waals surface area contributed by atoms with Gasteiger partial charge in [-0.2, -0.15) is 53.4 Å². The summed E-state index contributed by atoms with van der Waals surface area (Å²) in [6.45, 7) is 6.20. The second-order valence-electron chi connectivity index (χ2n) is 15.7. The van der Waals surface area contributed by atoms with Gasteiger partial charge in [0.2, 0.25) is 20.0 Å². The summed E-state index contributed by atoms with van der Waals surface area (Å²) in [5.41, 5.74) is -3.78. The average Bonchev–Trinajstić information content (AvgIpc) is 3.25. The zero-order chi connectivity index (χ0) is 49.4. The lowest BCUT2D eigenvalue weighted by molar-refractivity contribution is -0.303. The molecule has 25 heteroatoms. The van der Waals surface area contributed by atoms with E-state index in [9.17, 15) is 66.3 Å². The normalized spacial score (nSPS) is 19.3. The third kappa shape index (κ3) is 10.3. The largest absolute Gasteiger partial charge is 0.421 e. The molecule has 3 atom stereocenters. The number of aromatic nitrogens is 2. The highest BCUT2D eigenvalue weighted by Gasteiger charge is 2.70. The van der Waals surface area contributed by atoms with Crippen molar-refractivity contribution in [3.8, 4) is 6.07 Å². The number of Topliss-reactive ketones (excluding diaryl/α,β-unsaturated/α-hetero) is 1.